The maximum Gasteiger partial charge on any atom is 0.312 e. The standard InChI is InChI=1S/C23H24N2O3S/c1-4-24-22(27)16(3)28-20(26)14-19-21(17-12-10-15(2)11-13-17)29-23(25-19)18-8-6-5-7-9-18/h5-13,16H,4,14H2,1-3H3,(H,24,27)/t16-/m1/s1. The maximum atomic E-state index is 12.5. The van der Waals surface area contributed by atoms with E-state index in [1.807, 2.05) is 68.4 Å². The fourth-order valence-corrected chi connectivity index (χ4v) is 3.95. The largest absolute Gasteiger partial charge is 0.452 e. The van der Waals surface area contributed by atoms with Crippen LogP contribution in [0.25, 0.3) is 21.0 Å². The van der Waals surface area contributed by atoms with E-state index >= 15 is 0 Å². The van der Waals surface area contributed by atoms with Crippen LogP contribution in [0.4, 0.5) is 0 Å². The molecule has 1 aromatic heterocycles. The zero-order valence-corrected chi connectivity index (χ0v) is 17.6. The van der Waals surface area contributed by atoms with Gasteiger partial charge in [-0.3, -0.25) is 9.59 Å². The van der Waals surface area contributed by atoms with Crippen LogP contribution in [0.3, 0.4) is 0 Å². The second-order valence-electron chi connectivity index (χ2n) is 6.73. The van der Waals surface area contributed by atoms with E-state index in [9.17, 15) is 9.59 Å². The number of ether oxygens (including phenoxy) is 1. The summed E-state index contributed by atoms with van der Waals surface area (Å²) in [5.41, 5.74) is 3.83. The topological polar surface area (TPSA) is 68.3 Å². The molecule has 0 aliphatic heterocycles. The summed E-state index contributed by atoms with van der Waals surface area (Å²) in [6.07, 6.45) is -0.825. The molecule has 0 fully saturated rings. The summed E-state index contributed by atoms with van der Waals surface area (Å²) >= 11 is 1.55. The van der Waals surface area contributed by atoms with Gasteiger partial charge in [0.15, 0.2) is 6.10 Å². The number of rotatable bonds is 7. The van der Waals surface area contributed by atoms with Crippen LogP contribution in [-0.2, 0) is 20.7 Å². The molecule has 0 saturated heterocycles. The highest BCUT2D eigenvalue weighted by Gasteiger charge is 2.21. The maximum absolute atomic E-state index is 12.5. The monoisotopic (exact) mass is 408 g/mol. The molecule has 6 heteroatoms. The Labute approximate surface area is 174 Å². The number of hydrogen-bond acceptors (Lipinski definition) is 5. The molecule has 0 bridgehead atoms. The van der Waals surface area contributed by atoms with Gasteiger partial charge in [0.05, 0.1) is 17.0 Å². The van der Waals surface area contributed by atoms with Gasteiger partial charge >= 0.3 is 5.97 Å². The smallest absolute Gasteiger partial charge is 0.312 e. The van der Waals surface area contributed by atoms with Gasteiger partial charge in [-0.25, -0.2) is 4.98 Å². The van der Waals surface area contributed by atoms with Crippen molar-refractivity contribution in [2.24, 2.45) is 0 Å². The Morgan fingerprint density at radius 3 is 2.41 bits per heavy atom. The molecule has 2 aromatic carbocycles. The highest BCUT2D eigenvalue weighted by Crippen LogP contribution is 2.36. The number of amides is 1. The number of carbonyl (C=O) groups is 2. The summed E-state index contributed by atoms with van der Waals surface area (Å²) < 4.78 is 5.31. The zero-order chi connectivity index (χ0) is 20.8. The molecule has 3 rings (SSSR count). The summed E-state index contributed by atoms with van der Waals surface area (Å²) in [4.78, 5) is 30.0. The van der Waals surface area contributed by atoms with Crippen molar-refractivity contribution < 1.29 is 14.3 Å². The molecule has 0 unspecified atom stereocenters. The van der Waals surface area contributed by atoms with E-state index < -0.39 is 12.1 Å². The predicted molar refractivity (Wildman–Crippen MR) is 116 cm³/mol. The Kier molecular flexibility index (Phi) is 6.77. The first-order chi connectivity index (χ1) is 14.0. The van der Waals surface area contributed by atoms with E-state index in [1.165, 1.54) is 5.56 Å². The number of esters is 1. The zero-order valence-electron chi connectivity index (χ0n) is 16.8. The Morgan fingerprint density at radius 2 is 1.76 bits per heavy atom. The number of benzene rings is 2. The number of carbonyl (C=O) groups excluding carboxylic acids is 2. The SMILES string of the molecule is CCNC(=O)[C@@H](C)OC(=O)Cc1nc(-c2ccccc2)sc1-c1ccc(C)cc1. The molecule has 0 aliphatic rings. The van der Waals surface area contributed by atoms with Crippen molar-refractivity contribution in [2.45, 2.75) is 33.3 Å². The van der Waals surface area contributed by atoms with Gasteiger partial charge in [0.25, 0.3) is 5.91 Å². The number of thiazole rings is 1. The first-order valence-electron chi connectivity index (χ1n) is 9.57. The first-order valence-corrected chi connectivity index (χ1v) is 10.4. The Hall–Kier alpha value is -2.99. The molecular formula is C23H24N2O3S. The molecule has 1 N–H and O–H groups in total. The normalized spacial score (nSPS) is 11.7. The van der Waals surface area contributed by atoms with Gasteiger partial charge in [0, 0.05) is 12.1 Å². The van der Waals surface area contributed by atoms with Crippen LogP contribution < -0.4 is 5.32 Å². The van der Waals surface area contributed by atoms with Gasteiger partial charge in [-0.15, -0.1) is 11.3 Å². The van der Waals surface area contributed by atoms with Gasteiger partial charge in [0.1, 0.15) is 5.01 Å². The molecule has 29 heavy (non-hydrogen) atoms. The predicted octanol–water partition coefficient (Wildman–Crippen LogP) is 4.40. The van der Waals surface area contributed by atoms with Crippen molar-refractivity contribution in [3.8, 4) is 21.0 Å². The van der Waals surface area contributed by atoms with E-state index in [1.54, 1.807) is 18.3 Å². The van der Waals surface area contributed by atoms with Crippen molar-refractivity contribution in [3.05, 3.63) is 65.9 Å². The quantitative estimate of drug-likeness (QED) is 0.589. The molecule has 150 valence electrons. The van der Waals surface area contributed by atoms with Gasteiger partial charge in [-0.05, 0) is 26.3 Å². The van der Waals surface area contributed by atoms with Crippen LogP contribution in [0.2, 0.25) is 0 Å². The summed E-state index contributed by atoms with van der Waals surface area (Å²) in [6, 6.07) is 18.0. The van der Waals surface area contributed by atoms with Crippen LogP contribution in [0.5, 0.6) is 0 Å². The van der Waals surface area contributed by atoms with Gasteiger partial charge in [0.2, 0.25) is 0 Å². The second-order valence-corrected chi connectivity index (χ2v) is 7.73. The first kappa shape index (κ1) is 20.7. The van der Waals surface area contributed by atoms with E-state index in [0.29, 0.717) is 12.2 Å². The van der Waals surface area contributed by atoms with E-state index in [-0.39, 0.29) is 12.3 Å². The minimum absolute atomic E-state index is 0.0102. The van der Waals surface area contributed by atoms with Gasteiger partial charge < -0.3 is 10.1 Å². The van der Waals surface area contributed by atoms with Crippen LogP contribution in [0, 0.1) is 6.92 Å². The number of nitrogens with zero attached hydrogens (tertiary/aromatic N) is 1. The molecule has 5 nitrogen and oxygen atoms in total. The van der Waals surface area contributed by atoms with Crippen LogP contribution in [0.1, 0.15) is 25.1 Å². The van der Waals surface area contributed by atoms with Crippen molar-refractivity contribution >= 4 is 23.2 Å². The molecule has 0 saturated carbocycles. The minimum atomic E-state index is -0.836. The number of aromatic nitrogens is 1. The number of likely N-dealkylation sites (N-methyl/N-ethyl adjacent to an activating group) is 1. The highest BCUT2D eigenvalue weighted by molar-refractivity contribution is 7.18. The fourth-order valence-electron chi connectivity index (χ4n) is 2.85. The lowest BCUT2D eigenvalue weighted by molar-refractivity contribution is -0.154. The second kappa shape index (κ2) is 9.47. The van der Waals surface area contributed by atoms with Crippen LogP contribution >= 0.6 is 11.3 Å². The molecule has 0 radical (unpaired) electrons. The Morgan fingerprint density at radius 1 is 1.07 bits per heavy atom. The summed E-state index contributed by atoms with van der Waals surface area (Å²) in [5.74, 6) is -0.773. The molecule has 0 aliphatic carbocycles. The lowest BCUT2D eigenvalue weighted by atomic mass is 10.1. The summed E-state index contributed by atoms with van der Waals surface area (Å²) in [6.45, 7) is 5.92. The number of aryl methyl sites for hydroxylation is 1. The van der Waals surface area contributed by atoms with Crippen LogP contribution in [0.15, 0.2) is 54.6 Å². The van der Waals surface area contributed by atoms with Crippen LogP contribution in [-0.4, -0.2) is 29.5 Å². The number of nitrogens with one attached hydrogen (secondary N) is 1. The lowest BCUT2D eigenvalue weighted by Gasteiger charge is -2.12. The molecule has 0 spiro atoms. The van der Waals surface area contributed by atoms with Gasteiger partial charge in [-0.2, -0.15) is 0 Å². The summed E-state index contributed by atoms with van der Waals surface area (Å²) in [5, 5.41) is 3.50. The minimum Gasteiger partial charge on any atom is -0.452 e. The summed E-state index contributed by atoms with van der Waals surface area (Å²) in [7, 11) is 0. The van der Waals surface area contributed by atoms with Crippen molar-refractivity contribution in [1.29, 1.82) is 0 Å². The average molecular weight is 409 g/mol. The lowest BCUT2D eigenvalue weighted by Crippen LogP contribution is -2.35. The van der Waals surface area contributed by atoms with E-state index in [0.717, 1.165) is 21.0 Å². The Bertz CT molecular complexity index is 981. The molecule has 3 aromatic rings. The highest BCUT2D eigenvalue weighted by atomic mass is 32.1. The van der Waals surface area contributed by atoms with Gasteiger partial charge in [-0.1, -0.05) is 60.2 Å². The third-order valence-corrected chi connectivity index (χ3v) is 5.57. The fraction of sp³-hybridized carbons (Fsp3) is 0.261. The molecule has 1 heterocycles. The van der Waals surface area contributed by atoms with Crippen molar-refractivity contribution in [3.63, 3.8) is 0 Å². The van der Waals surface area contributed by atoms with Crippen molar-refractivity contribution in [2.75, 3.05) is 6.54 Å². The molecular weight excluding hydrogens is 384 g/mol. The molecule has 1 amide bonds. The number of hydrogen-bond donors (Lipinski definition) is 1. The third kappa shape index (κ3) is 5.29. The van der Waals surface area contributed by atoms with Crippen molar-refractivity contribution in [1.82, 2.24) is 10.3 Å². The Balaban J connectivity index is 1.88. The van der Waals surface area contributed by atoms with E-state index in [2.05, 4.69) is 5.32 Å². The van der Waals surface area contributed by atoms with E-state index in [4.69, 9.17) is 9.72 Å². The molecule has 1 atom stereocenters. The average Bonchev–Trinajstić information content (AvgIpc) is 3.13. The third-order valence-electron chi connectivity index (χ3n) is 4.37.